The van der Waals surface area contributed by atoms with Crippen LogP contribution in [0.25, 0.3) is 0 Å². The van der Waals surface area contributed by atoms with Crippen molar-refractivity contribution in [2.24, 2.45) is 7.05 Å². The number of alkyl halides is 3. The van der Waals surface area contributed by atoms with Gasteiger partial charge < -0.3 is 19.4 Å². The van der Waals surface area contributed by atoms with Crippen molar-refractivity contribution < 1.29 is 27.4 Å². The van der Waals surface area contributed by atoms with Crippen molar-refractivity contribution in [3.63, 3.8) is 0 Å². The Morgan fingerprint density at radius 1 is 1.21 bits per heavy atom. The lowest BCUT2D eigenvalue weighted by Gasteiger charge is -2.15. The smallest absolute Gasteiger partial charge is 0.418 e. The zero-order chi connectivity index (χ0) is 24.2. The Hall–Kier alpha value is -2.92. The third-order valence-electron chi connectivity index (χ3n) is 4.48. The maximum Gasteiger partial charge on any atom is 0.418 e. The number of hydrogen-bond donors (Lipinski definition) is 1. The number of methoxy groups -OCH3 is 1. The number of halogens is 4. The summed E-state index contributed by atoms with van der Waals surface area (Å²) in [5, 5.41) is 10.8. The summed E-state index contributed by atoms with van der Waals surface area (Å²) in [6.07, 6.45) is -5.11. The summed E-state index contributed by atoms with van der Waals surface area (Å²) in [6.45, 7) is 1.80. The Bertz CT molecular complexity index is 1140. The predicted molar refractivity (Wildman–Crippen MR) is 119 cm³/mol. The molecule has 176 valence electrons. The monoisotopic (exact) mass is 500 g/mol. The van der Waals surface area contributed by atoms with E-state index in [0.29, 0.717) is 22.5 Å². The molecule has 2 aromatic carbocycles. The van der Waals surface area contributed by atoms with Crippen LogP contribution in [0, 0.1) is 0 Å². The van der Waals surface area contributed by atoms with Crippen LogP contribution in [0.1, 0.15) is 24.4 Å². The van der Waals surface area contributed by atoms with E-state index in [4.69, 9.17) is 21.1 Å². The van der Waals surface area contributed by atoms with E-state index in [2.05, 4.69) is 15.5 Å². The molecule has 3 aromatic rings. The molecule has 0 saturated heterocycles. The van der Waals surface area contributed by atoms with Gasteiger partial charge in [-0.15, -0.1) is 10.2 Å². The van der Waals surface area contributed by atoms with Gasteiger partial charge in [0.1, 0.15) is 11.5 Å². The van der Waals surface area contributed by atoms with Crippen LogP contribution in [0.3, 0.4) is 0 Å². The van der Waals surface area contributed by atoms with Crippen LogP contribution in [0.4, 0.5) is 18.9 Å². The number of hydrogen-bond acceptors (Lipinski definition) is 6. The minimum atomic E-state index is -4.65. The number of ether oxygens (including phenoxy) is 2. The standard InChI is InChI=1S/C21H20ClF3N4O3S/c1-12(32-15-6-4-5-14(10-15)31-3)19-27-28-20(29(19)2)33-11-18(30)26-17-8-7-13(22)9-16(17)21(23,24)25/h4-10,12H,11H2,1-3H3,(H,26,30). The van der Waals surface area contributed by atoms with Crippen LogP contribution in [0.5, 0.6) is 11.5 Å². The molecule has 7 nitrogen and oxygen atoms in total. The van der Waals surface area contributed by atoms with E-state index in [1.165, 1.54) is 6.07 Å². The minimum Gasteiger partial charge on any atom is -0.497 e. The van der Waals surface area contributed by atoms with Gasteiger partial charge in [-0.2, -0.15) is 13.2 Å². The van der Waals surface area contributed by atoms with Gasteiger partial charge in [-0.3, -0.25) is 4.79 Å². The molecule has 0 fully saturated rings. The normalized spacial score (nSPS) is 12.3. The van der Waals surface area contributed by atoms with Crippen molar-refractivity contribution in [2.45, 2.75) is 24.4 Å². The molecule has 0 aliphatic rings. The van der Waals surface area contributed by atoms with Gasteiger partial charge >= 0.3 is 6.18 Å². The highest BCUT2D eigenvalue weighted by Gasteiger charge is 2.34. The number of anilines is 1. The number of amides is 1. The first-order valence-corrected chi connectivity index (χ1v) is 10.9. The Labute approximate surface area is 197 Å². The summed E-state index contributed by atoms with van der Waals surface area (Å²) < 4.78 is 52.3. The first-order valence-electron chi connectivity index (χ1n) is 9.58. The maximum atomic E-state index is 13.2. The van der Waals surface area contributed by atoms with Crippen molar-refractivity contribution in [3.05, 3.63) is 58.9 Å². The van der Waals surface area contributed by atoms with Gasteiger partial charge in [0, 0.05) is 18.1 Å². The summed E-state index contributed by atoms with van der Waals surface area (Å²) in [7, 11) is 3.27. The van der Waals surface area contributed by atoms with Gasteiger partial charge in [-0.25, -0.2) is 0 Å². The van der Waals surface area contributed by atoms with Gasteiger partial charge in [-0.05, 0) is 37.3 Å². The number of benzene rings is 2. The number of nitrogens with one attached hydrogen (secondary N) is 1. The molecule has 33 heavy (non-hydrogen) atoms. The van der Waals surface area contributed by atoms with Crippen LogP contribution in [-0.2, 0) is 18.0 Å². The zero-order valence-corrected chi connectivity index (χ0v) is 19.4. The van der Waals surface area contributed by atoms with Crippen LogP contribution in [0.2, 0.25) is 5.02 Å². The summed E-state index contributed by atoms with van der Waals surface area (Å²) in [6, 6.07) is 10.3. The minimum absolute atomic E-state index is 0.0772. The fourth-order valence-corrected chi connectivity index (χ4v) is 3.80. The fourth-order valence-electron chi connectivity index (χ4n) is 2.91. The van der Waals surface area contributed by atoms with Gasteiger partial charge in [-0.1, -0.05) is 29.4 Å². The summed E-state index contributed by atoms with van der Waals surface area (Å²) in [5.41, 5.74) is -1.38. The SMILES string of the molecule is COc1cccc(OC(C)c2nnc(SCC(=O)Nc3ccc(Cl)cc3C(F)(F)F)n2C)c1. The van der Waals surface area contributed by atoms with Crippen LogP contribution in [-0.4, -0.2) is 33.5 Å². The third kappa shape index (κ3) is 6.32. The largest absolute Gasteiger partial charge is 0.497 e. The van der Waals surface area contributed by atoms with Crippen molar-refractivity contribution >= 4 is 35.0 Å². The second kappa shape index (κ2) is 10.3. The van der Waals surface area contributed by atoms with E-state index in [0.717, 1.165) is 23.9 Å². The summed E-state index contributed by atoms with van der Waals surface area (Å²) in [5.74, 6) is 0.948. The number of carbonyl (C=O) groups excluding carboxylic acids is 1. The van der Waals surface area contributed by atoms with Crippen LogP contribution in [0.15, 0.2) is 47.6 Å². The predicted octanol–water partition coefficient (Wildman–Crippen LogP) is 5.37. The van der Waals surface area contributed by atoms with Crippen molar-refractivity contribution in [2.75, 3.05) is 18.2 Å². The van der Waals surface area contributed by atoms with E-state index in [-0.39, 0.29) is 16.5 Å². The topological polar surface area (TPSA) is 78.3 Å². The molecule has 1 N–H and O–H groups in total. The molecule has 12 heteroatoms. The lowest BCUT2D eigenvalue weighted by atomic mass is 10.1. The van der Waals surface area contributed by atoms with E-state index >= 15 is 0 Å². The molecule has 1 unspecified atom stereocenters. The van der Waals surface area contributed by atoms with Gasteiger partial charge in [0.15, 0.2) is 17.1 Å². The van der Waals surface area contributed by atoms with E-state index < -0.39 is 23.8 Å². The van der Waals surface area contributed by atoms with Crippen molar-refractivity contribution in [3.8, 4) is 11.5 Å². The lowest BCUT2D eigenvalue weighted by molar-refractivity contribution is -0.137. The summed E-state index contributed by atoms with van der Waals surface area (Å²) >= 11 is 6.70. The Kier molecular flexibility index (Phi) is 7.75. The average Bonchev–Trinajstić information content (AvgIpc) is 3.13. The fraction of sp³-hybridized carbons (Fsp3) is 0.286. The van der Waals surface area contributed by atoms with Crippen molar-refractivity contribution in [1.29, 1.82) is 0 Å². The highest BCUT2D eigenvalue weighted by Crippen LogP contribution is 2.36. The molecular formula is C21H20ClF3N4O3S. The van der Waals surface area contributed by atoms with E-state index in [1.54, 1.807) is 49.9 Å². The molecule has 0 radical (unpaired) electrons. The molecule has 0 aliphatic heterocycles. The highest BCUT2D eigenvalue weighted by atomic mass is 35.5. The summed E-state index contributed by atoms with van der Waals surface area (Å²) in [4.78, 5) is 12.3. The molecule has 0 bridgehead atoms. The highest BCUT2D eigenvalue weighted by molar-refractivity contribution is 7.99. The Balaban J connectivity index is 1.63. The number of thioether (sulfide) groups is 1. The average molecular weight is 501 g/mol. The third-order valence-corrected chi connectivity index (χ3v) is 5.74. The molecule has 0 aliphatic carbocycles. The van der Waals surface area contributed by atoms with E-state index in [1.807, 2.05) is 0 Å². The van der Waals surface area contributed by atoms with Gasteiger partial charge in [0.25, 0.3) is 0 Å². The van der Waals surface area contributed by atoms with Gasteiger partial charge in [0.2, 0.25) is 5.91 Å². The maximum absolute atomic E-state index is 13.2. The quantitative estimate of drug-likeness (QED) is 0.419. The van der Waals surface area contributed by atoms with Crippen LogP contribution >= 0.6 is 23.4 Å². The molecule has 3 rings (SSSR count). The first kappa shape index (κ1) is 24.7. The number of nitrogens with zero attached hydrogens (tertiary/aromatic N) is 3. The van der Waals surface area contributed by atoms with Crippen molar-refractivity contribution in [1.82, 2.24) is 14.8 Å². The molecule has 1 atom stereocenters. The Morgan fingerprint density at radius 2 is 1.94 bits per heavy atom. The molecule has 1 heterocycles. The first-order chi connectivity index (χ1) is 15.6. The molecule has 1 aromatic heterocycles. The zero-order valence-electron chi connectivity index (χ0n) is 17.8. The lowest BCUT2D eigenvalue weighted by Crippen LogP contribution is -2.18. The van der Waals surface area contributed by atoms with E-state index in [9.17, 15) is 18.0 Å². The molecule has 1 amide bonds. The second-order valence-electron chi connectivity index (χ2n) is 6.86. The molecule has 0 spiro atoms. The Morgan fingerprint density at radius 3 is 2.64 bits per heavy atom. The second-order valence-corrected chi connectivity index (χ2v) is 8.24. The number of rotatable bonds is 8. The number of carbonyl (C=O) groups is 1. The van der Waals surface area contributed by atoms with Gasteiger partial charge in [0.05, 0.1) is 24.1 Å². The number of aromatic nitrogens is 3. The van der Waals surface area contributed by atoms with Crippen LogP contribution < -0.4 is 14.8 Å². The molecule has 0 saturated carbocycles. The molecular weight excluding hydrogens is 481 g/mol.